The van der Waals surface area contributed by atoms with Crippen LogP contribution < -0.4 is 11.3 Å². The zero-order valence-corrected chi connectivity index (χ0v) is 13.8. The lowest BCUT2D eigenvalue weighted by atomic mass is 10.0. The Labute approximate surface area is 132 Å². The topological polar surface area (TPSA) is 55.9 Å². The standard InChI is InChI=1S/C15H20BrFN4/c1-3-13-15(16)14(21(2)20-13)9-12(19-18)8-10-5-4-6-11(17)7-10/h4-7,12,19H,3,8-9,18H2,1-2H3. The van der Waals surface area contributed by atoms with Crippen molar-refractivity contribution in [2.24, 2.45) is 12.9 Å². The van der Waals surface area contributed by atoms with Crippen molar-refractivity contribution in [3.63, 3.8) is 0 Å². The summed E-state index contributed by atoms with van der Waals surface area (Å²) >= 11 is 3.61. The van der Waals surface area contributed by atoms with Crippen LogP contribution in [0.4, 0.5) is 4.39 Å². The van der Waals surface area contributed by atoms with Crippen molar-refractivity contribution in [1.82, 2.24) is 15.2 Å². The lowest BCUT2D eigenvalue weighted by molar-refractivity contribution is 0.503. The van der Waals surface area contributed by atoms with Gasteiger partial charge in [-0.2, -0.15) is 5.10 Å². The van der Waals surface area contributed by atoms with E-state index in [2.05, 4.69) is 33.4 Å². The van der Waals surface area contributed by atoms with Crippen molar-refractivity contribution in [3.05, 3.63) is 51.5 Å². The molecule has 4 nitrogen and oxygen atoms in total. The Hall–Kier alpha value is -1.24. The van der Waals surface area contributed by atoms with Gasteiger partial charge >= 0.3 is 0 Å². The van der Waals surface area contributed by atoms with E-state index >= 15 is 0 Å². The van der Waals surface area contributed by atoms with E-state index < -0.39 is 0 Å². The third-order valence-corrected chi connectivity index (χ3v) is 4.46. The molecule has 0 saturated heterocycles. The Morgan fingerprint density at radius 3 is 2.76 bits per heavy atom. The quantitative estimate of drug-likeness (QED) is 0.618. The number of rotatable bonds is 6. The van der Waals surface area contributed by atoms with Crippen LogP contribution in [0.1, 0.15) is 23.9 Å². The van der Waals surface area contributed by atoms with Crippen LogP contribution in [0.25, 0.3) is 0 Å². The van der Waals surface area contributed by atoms with Gasteiger partial charge in [0.2, 0.25) is 0 Å². The molecule has 0 spiro atoms. The van der Waals surface area contributed by atoms with Crippen LogP contribution >= 0.6 is 15.9 Å². The highest BCUT2D eigenvalue weighted by Gasteiger charge is 2.17. The molecule has 3 N–H and O–H groups in total. The summed E-state index contributed by atoms with van der Waals surface area (Å²) in [7, 11) is 1.93. The largest absolute Gasteiger partial charge is 0.271 e. The molecule has 6 heteroatoms. The van der Waals surface area contributed by atoms with Gasteiger partial charge < -0.3 is 0 Å². The van der Waals surface area contributed by atoms with Gasteiger partial charge in [-0.1, -0.05) is 19.1 Å². The summed E-state index contributed by atoms with van der Waals surface area (Å²) in [6.07, 6.45) is 2.25. The van der Waals surface area contributed by atoms with Gasteiger partial charge in [-0.05, 0) is 46.5 Å². The van der Waals surface area contributed by atoms with Gasteiger partial charge in [0.15, 0.2) is 0 Å². The van der Waals surface area contributed by atoms with Gasteiger partial charge in [0.25, 0.3) is 0 Å². The second-order valence-corrected chi connectivity index (χ2v) is 5.88. The first kappa shape index (κ1) is 16.1. The number of hydrazine groups is 1. The average Bonchev–Trinajstić information content (AvgIpc) is 2.73. The van der Waals surface area contributed by atoms with E-state index in [4.69, 9.17) is 5.84 Å². The molecule has 0 saturated carbocycles. The van der Waals surface area contributed by atoms with Gasteiger partial charge in [-0.3, -0.25) is 16.0 Å². The van der Waals surface area contributed by atoms with E-state index in [1.807, 2.05) is 17.8 Å². The minimum atomic E-state index is -0.224. The lowest BCUT2D eigenvalue weighted by Crippen LogP contribution is -2.39. The zero-order valence-electron chi connectivity index (χ0n) is 12.2. The molecular formula is C15H20BrFN4. The number of nitrogens with zero attached hydrogens (tertiary/aromatic N) is 2. The second-order valence-electron chi connectivity index (χ2n) is 5.09. The van der Waals surface area contributed by atoms with Crippen molar-refractivity contribution < 1.29 is 4.39 Å². The van der Waals surface area contributed by atoms with Crippen molar-refractivity contribution in [1.29, 1.82) is 0 Å². The molecule has 0 amide bonds. The molecular weight excluding hydrogens is 335 g/mol. The molecule has 1 unspecified atom stereocenters. The Morgan fingerprint density at radius 1 is 1.43 bits per heavy atom. The molecule has 0 fully saturated rings. The molecule has 114 valence electrons. The summed E-state index contributed by atoms with van der Waals surface area (Å²) in [5.74, 6) is 5.43. The van der Waals surface area contributed by atoms with E-state index in [-0.39, 0.29) is 11.9 Å². The molecule has 2 rings (SSSR count). The average molecular weight is 355 g/mol. The molecule has 2 aromatic rings. The predicted molar refractivity (Wildman–Crippen MR) is 85.2 cm³/mol. The molecule has 0 bridgehead atoms. The number of benzene rings is 1. The molecule has 1 heterocycles. The summed E-state index contributed by atoms with van der Waals surface area (Å²) in [6.45, 7) is 2.07. The van der Waals surface area contributed by atoms with Crippen LogP contribution in [0.2, 0.25) is 0 Å². The third kappa shape index (κ3) is 3.90. The van der Waals surface area contributed by atoms with Gasteiger partial charge in [0.05, 0.1) is 15.9 Å². The summed E-state index contributed by atoms with van der Waals surface area (Å²) in [5, 5.41) is 4.48. The monoisotopic (exact) mass is 354 g/mol. The van der Waals surface area contributed by atoms with Crippen LogP contribution in [-0.2, 0) is 26.3 Å². The van der Waals surface area contributed by atoms with E-state index in [0.29, 0.717) is 6.42 Å². The maximum absolute atomic E-state index is 13.3. The molecule has 1 atom stereocenters. The molecule has 1 aromatic carbocycles. The smallest absolute Gasteiger partial charge is 0.123 e. The molecule has 0 aliphatic carbocycles. The molecule has 0 radical (unpaired) electrons. The fourth-order valence-corrected chi connectivity index (χ4v) is 3.19. The highest BCUT2D eigenvalue weighted by molar-refractivity contribution is 9.10. The van der Waals surface area contributed by atoms with Crippen LogP contribution in [-0.4, -0.2) is 15.8 Å². The molecule has 0 aliphatic rings. The SMILES string of the molecule is CCc1nn(C)c(CC(Cc2cccc(F)c2)NN)c1Br. The van der Waals surface area contributed by atoms with Gasteiger partial charge in [0, 0.05) is 19.5 Å². The third-order valence-electron chi connectivity index (χ3n) is 3.55. The van der Waals surface area contributed by atoms with Crippen LogP contribution in [0.15, 0.2) is 28.7 Å². The lowest BCUT2D eigenvalue weighted by Gasteiger charge is -2.16. The normalized spacial score (nSPS) is 12.6. The van der Waals surface area contributed by atoms with Crippen LogP contribution in [0.3, 0.4) is 0 Å². The Balaban J connectivity index is 2.14. The van der Waals surface area contributed by atoms with Crippen molar-refractivity contribution in [3.8, 4) is 0 Å². The fraction of sp³-hybridized carbons (Fsp3) is 0.400. The fourth-order valence-electron chi connectivity index (χ4n) is 2.41. The summed E-state index contributed by atoms with van der Waals surface area (Å²) in [5.41, 5.74) is 5.86. The first-order valence-electron chi connectivity index (χ1n) is 6.96. The van der Waals surface area contributed by atoms with E-state index in [9.17, 15) is 4.39 Å². The first-order valence-corrected chi connectivity index (χ1v) is 7.75. The number of hydrogen-bond acceptors (Lipinski definition) is 3. The molecule has 1 aromatic heterocycles. The van der Waals surface area contributed by atoms with Crippen molar-refractivity contribution >= 4 is 15.9 Å². The predicted octanol–water partition coefficient (Wildman–Crippen LogP) is 2.50. The highest BCUT2D eigenvalue weighted by Crippen LogP contribution is 2.23. The van der Waals surface area contributed by atoms with E-state index in [1.165, 1.54) is 6.07 Å². The van der Waals surface area contributed by atoms with E-state index in [1.54, 1.807) is 12.1 Å². The van der Waals surface area contributed by atoms with Crippen LogP contribution in [0, 0.1) is 5.82 Å². The maximum atomic E-state index is 13.3. The number of nitrogens with one attached hydrogen (secondary N) is 1. The van der Waals surface area contributed by atoms with E-state index in [0.717, 1.165) is 34.3 Å². The van der Waals surface area contributed by atoms with Gasteiger partial charge in [-0.15, -0.1) is 0 Å². The highest BCUT2D eigenvalue weighted by atomic mass is 79.9. The Bertz CT molecular complexity index is 612. The minimum absolute atomic E-state index is 0.0169. The number of aryl methyl sites for hydroxylation is 2. The summed E-state index contributed by atoms with van der Waals surface area (Å²) in [4.78, 5) is 0. The van der Waals surface area contributed by atoms with Crippen molar-refractivity contribution in [2.45, 2.75) is 32.2 Å². The second kappa shape index (κ2) is 7.15. The van der Waals surface area contributed by atoms with Gasteiger partial charge in [-0.25, -0.2) is 4.39 Å². The molecule has 0 aliphatic heterocycles. The number of halogens is 2. The van der Waals surface area contributed by atoms with Crippen molar-refractivity contribution in [2.75, 3.05) is 0 Å². The Morgan fingerprint density at radius 2 is 2.19 bits per heavy atom. The Kier molecular flexibility index (Phi) is 5.50. The number of hydrogen-bond donors (Lipinski definition) is 2. The summed E-state index contributed by atoms with van der Waals surface area (Å²) in [6, 6.07) is 6.62. The number of aromatic nitrogens is 2. The number of nitrogens with two attached hydrogens (primary N) is 1. The molecule has 21 heavy (non-hydrogen) atoms. The van der Waals surface area contributed by atoms with Crippen LogP contribution in [0.5, 0.6) is 0 Å². The maximum Gasteiger partial charge on any atom is 0.123 e. The summed E-state index contributed by atoms with van der Waals surface area (Å²) < 4.78 is 16.2. The minimum Gasteiger partial charge on any atom is -0.271 e. The van der Waals surface area contributed by atoms with Gasteiger partial charge in [0.1, 0.15) is 5.82 Å². The first-order chi connectivity index (χ1) is 10.0. The zero-order chi connectivity index (χ0) is 15.4.